The van der Waals surface area contributed by atoms with Crippen molar-refractivity contribution >= 4 is 17.4 Å². The number of hydrogen-bond acceptors (Lipinski definition) is 1. The molecule has 0 aliphatic rings. The van der Waals surface area contributed by atoms with Gasteiger partial charge < -0.3 is 0 Å². The number of benzene rings is 2. The van der Waals surface area contributed by atoms with Gasteiger partial charge in [0.2, 0.25) is 0 Å². The largest absolute Gasteiger partial charge is 0.288 e. The fourth-order valence-electron chi connectivity index (χ4n) is 1.54. The number of hydrogen-bond donors (Lipinski definition) is 0. The van der Waals surface area contributed by atoms with Gasteiger partial charge in [0.25, 0.3) is 0 Å². The van der Waals surface area contributed by atoms with Crippen molar-refractivity contribution < 1.29 is 18.0 Å². The molecule has 2 aromatic carbocycles. The highest BCUT2D eigenvalue weighted by molar-refractivity contribution is 6.35. The maximum atomic E-state index is 13.5. The Hall–Kier alpha value is -1.81. The molecule has 2 aromatic rings. The smallest absolute Gasteiger partial charge is 0.197 e. The minimum Gasteiger partial charge on any atom is -0.288 e. The van der Waals surface area contributed by atoms with Crippen molar-refractivity contribution in [3.8, 4) is 0 Å². The Bertz CT molecular complexity index is 585. The molecule has 0 spiro atoms. The van der Waals surface area contributed by atoms with Gasteiger partial charge in [0.1, 0.15) is 17.5 Å². The first-order chi connectivity index (χ1) is 8.49. The third-order valence-corrected chi connectivity index (χ3v) is 2.63. The zero-order valence-electron chi connectivity index (χ0n) is 8.88. The monoisotopic (exact) mass is 270 g/mol. The lowest BCUT2D eigenvalue weighted by molar-refractivity contribution is 0.103. The lowest BCUT2D eigenvalue weighted by Gasteiger charge is -2.05. The summed E-state index contributed by atoms with van der Waals surface area (Å²) >= 11 is 5.71. The Morgan fingerprint density at radius 3 is 2.17 bits per heavy atom. The number of carbonyl (C=O) groups is 1. The second kappa shape index (κ2) is 4.82. The molecule has 0 aliphatic carbocycles. The SMILES string of the molecule is O=C(c1cc(F)cc(F)c1)c1c(F)cccc1Cl. The summed E-state index contributed by atoms with van der Waals surface area (Å²) in [7, 11) is 0. The van der Waals surface area contributed by atoms with E-state index in [0.717, 1.165) is 18.2 Å². The van der Waals surface area contributed by atoms with Crippen LogP contribution < -0.4 is 0 Å². The first kappa shape index (κ1) is 12.6. The molecule has 18 heavy (non-hydrogen) atoms. The molecule has 0 bridgehead atoms. The van der Waals surface area contributed by atoms with Crippen molar-refractivity contribution in [1.82, 2.24) is 0 Å². The van der Waals surface area contributed by atoms with Gasteiger partial charge in [-0.25, -0.2) is 13.2 Å². The molecule has 0 amide bonds. The molecule has 0 heterocycles. The lowest BCUT2D eigenvalue weighted by atomic mass is 10.0. The summed E-state index contributed by atoms with van der Waals surface area (Å²) in [5, 5.41) is -0.107. The van der Waals surface area contributed by atoms with Crippen molar-refractivity contribution in [3.05, 3.63) is 70.0 Å². The van der Waals surface area contributed by atoms with Crippen LogP contribution in [0.2, 0.25) is 5.02 Å². The number of carbonyl (C=O) groups excluding carboxylic acids is 1. The summed E-state index contributed by atoms with van der Waals surface area (Å²) in [6, 6.07) is 5.99. The first-order valence-corrected chi connectivity index (χ1v) is 5.31. The summed E-state index contributed by atoms with van der Waals surface area (Å²) in [6.07, 6.45) is 0. The standard InChI is InChI=1S/C13H6ClF3O/c14-10-2-1-3-11(17)12(10)13(18)7-4-8(15)6-9(16)5-7/h1-6H. The van der Waals surface area contributed by atoms with Gasteiger partial charge in [0, 0.05) is 11.6 Å². The van der Waals surface area contributed by atoms with Crippen LogP contribution in [0.25, 0.3) is 0 Å². The van der Waals surface area contributed by atoms with Crippen molar-refractivity contribution in [1.29, 1.82) is 0 Å². The van der Waals surface area contributed by atoms with Gasteiger partial charge in [0.05, 0.1) is 10.6 Å². The Kier molecular flexibility index (Phi) is 3.39. The van der Waals surface area contributed by atoms with Crippen LogP contribution in [-0.4, -0.2) is 5.78 Å². The van der Waals surface area contributed by atoms with Crippen LogP contribution in [0.4, 0.5) is 13.2 Å². The van der Waals surface area contributed by atoms with Gasteiger partial charge in [-0.05, 0) is 24.3 Å². The Morgan fingerprint density at radius 1 is 1.00 bits per heavy atom. The van der Waals surface area contributed by atoms with E-state index in [1.165, 1.54) is 12.1 Å². The van der Waals surface area contributed by atoms with Crippen LogP contribution in [0.15, 0.2) is 36.4 Å². The van der Waals surface area contributed by atoms with Crippen LogP contribution in [0.5, 0.6) is 0 Å². The van der Waals surface area contributed by atoms with E-state index in [1.807, 2.05) is 0 Å². The average molecular weight is 271 g/mol. The molecule has 92 valence electrons. The predicted molar refractivity (Wildman–Crippen MR) is 61.2 cm³/mol. The molecule has 0 atom stereocenters. The zero-order chi connectivity index (χ0) is 13.3. The van der Waals surface area contributed by atoms with Crippen LogP contribution in [0.1, 0.15) is 15.9 Å². The minimum absolute atomic E-state index is 0.107. The molecule has 0 radical (unpaired) electrons. The zero-order valence-corrected chi connectivity index (χ0v) is 9.64. The Morgan fingerprint density at radius 2 is 1.61 bits per heavy atom. The third-order valence-electron chi connectivity index (χ3n) is 2.31. The van der Waals surface area contributed by atoms with E-state index in [0.29, 0.717) is 6.07 Å². The van der Waals surface area contributed by atoms with E-state index in [2.05, 4.69) is 0 Å². The maximum Gasteiger partial charge on any atom is 0.197 e. The van der Waals surface area contributed by atoms with Gasteiger partial charge in [0.15, 0.2) is 5.78 Å². The van der Waals surface area contributed by atoms with E-state index < -0.39 is 28.8 Å². The number of ketones is 1. The van der Waals surface area contributed by atoms with Gasteiger partial charge >= 0.3 is 0 Å². The summed E-state index contributed by atoms with van der Waals surface area (Å²) in [5.74, 6) is -3.52. The highest BCUT2D eigenvalue weighted by Gasteiger charge is 2.18. The fraction of sp³-hybridized carbons (Fsp3) is 0. The lowest BCUT2D eigenvalue weighted by Crippen LogP contribution is -2.06. The van der Waals surface area contributed by atoms with E-state index >= 15 is 0 Å². The number of rotatable bonds is 2. The molecular weight excluding hydrogens is 265 g/mol. The van der Waals surface area contributed by atoms with Crippen molar-refractivity contribution in [2.24, 2.45) is 0 Å². The normalized spacial score (nSPS) is 10.4. The third kappa shape index (κ3) is 2.38. The van der Waals surface area contributed by atoms with Gasteiger partial charge in [-0.3, -0.25) is 4.79 Å². The molecule has 0 aliphatic heterocycles. The Balaban J connectivity index is 2.55. The molecule has 0 fully saturated rings. The van der Waals surface area contributed by atoms with Crippen LogP contribution >= 0.6 is 11.6 Å². The van der Waals surface area contributed by atoms with Crippen molar-refractivity contribution in [2.45, 2.75) is 0 Å². The van der Waals surface area contributed by atoms with Crippen LogP contribution in [-0.2, 0) is 0 Å². The highest BCUT2D eigenvalue weighted by Crippen LogP contribution is 2.23. The molecule has 0 unspecified atom stereocenters. The molecular formula is C13H6ClF3O. The second-order valence-corrected chi connectivity index (χ2v) is 3.99. The van der Waals surface area contributed by atoms with Gasteiger partial charge in [-0.2, -0.15) is 0 Å². The highest BCUT2D eigenvalue weighted by atomic mass is 35.5. The second-order valence-electron chi connectivity index (χ2n) is 3.58. The molecule has 2 rings (SSSR count). The van der Waals surface area contributed by atoms with E-state index in [9.17, 15) is 18.0 Å². The first-order valence-electron chi connectivity index (χ1n) is 4.94. The Labute approximate surface area is 106 Å². The molecule has 0 N–H and O–H groups in total. The average Bonchev–Trinajstić information content (AvgIpc) is 2.27. The van der Waals surface area contributed by atoms with Crippen LogP contribution in [0.3, 0.4) is 0 Å². The summed E-state index contributed by atoms with van der Waals surface area (Å²) in [4.78, 5) is 11.9. The predicted octanol–water partition coefficient (Wildman–Crippen LogP) is 3.99. The summed E-state index contributed by atoms with van der Waals surface area (Å²) in [6.45, 7) is 0. The van der Waals surface area contributed by atoms with Gasteiger partial charge in [-0.15, -0.1) is 0 Å². The van der Waals surface area contributed by atoms with E-state index in [1.54, 1.807) is 0 Å². The van der Waals surface area contributed by atoms with Crippen molar-refractivity contribution in [3.63, 3.8) is 0 Å². The van der Waals surface area contributed by atoms with Crippen molar-refractivity contribution in [2.75, 3.05) is 0 Å². The quantitative estimate of drug-likeness (QED) is 0.754. The molecule has 0 aromatic heterocycles. The molecule has 1 nitrogen and oxygen atoms in total. The van der Waals surface area contributed by atoms with E-state index in [4.69, 9.17) is 11.6 Å². The topological polar surface area (TPSA) is 17.1 Å². The minimum atomic E-state index is -0.911. The maximum absolute atomic E-state index is 13.5. The molecule has 0 saturated carbocycles. The molecule has 0 saturated heterocycles. The summed E-state index contributed by atoms with van der Waals surface area (Å²) in [5.41, 5.74) is -0.691. The van der Waals surface area contributed by atoms with E-state index in [-0.39, 0.29) is 10.6 Å². The number of halogens is 4. The van der Waals surface area contributed by atoms with Crippen LogP contribution in [0, 0.1) is 17.5 Å². The van der Waals surface area contributed by atoms with Gasteiger partial charge in [-0.1, -0.05) is 17.7 Å². The molecule has 5 heteroatoms. The summed E-state index contributed by atoms with van der Waals surface area (Å²) < 4.78 is 39.5. The fourth-order valence-corrected chi connectivity index (χ4v) is 1.79.